The van der Waals surface area contributed by atoms with Crippen molar-refractivity contribution in [3.05, 3.63) is 84.2 Å². The Morgan fingerprint density at radius 2 is 1.71 bits per heavy atom. The summed E-state index contributed by atoms with van der Waals surface area (Å²) in [6, 6.07) is 18.6. The summed E-state index contributed by atoms with van der Waals surface area (Å²) < 4.78 is 1.57. The Labute approximate surface area is 223 Å². The van der Waals surface area contributed by atoms with Gasteiger partial charge in [-0.2, -0.15) is 0 Å². The molecule has 0 radical (unpaired) electrons. The van der Waals surface area contributed by atoms with Crippen LogP contribution in [0.2, 0.25) is 0 Å². The van der Waals surface area contributed by atoms with Crippen molar-refractivity contribution in [2.75, 3.05) is 43.9 Å². The first-order valence-corrected chi connectivity index (χ1v) is 12.6. The number of fused-ring (bicyclic) bond motifs is 1. The number of aromatic nitrogens is 2. The first kappa shape index (κ1) is 26.5. The average Bonchev–Trinajstić information content (AvgIpc) is 3.38. The topological polar surface area (TPSA) is 82.5 Å². The first-order chi connectivity index (χ1) is 18.4. The Morgan fingerprint density at radius 1 is 0.974 bits per heavy atom. The van der Waals surface area contributed by atoms with E-state index in [-0.39, 0.29) is 11.9 Å². The third-order valence-electron chi connectivity index (χ3n) is 6.44. The number of rotatable bonds is 7. The Hall–Kier alpha value is -4.61. The van der Waals surface area contributed by atoms with Crippen LogP contribution in [0.3, 0.4) is 0 Å². The van der Waals surface area contributed by atoms with E-state index in [2.05, 4.69) is 46.2 Å². The minimum absolute atomic E-state index is 0.187. The second kappa shape index (κ2) is 12.1. The van der Waals surface area contributed by atoms with E-state index in [1.54, 1.807) is 36.1 Å². The molecule has 0 aliphatic carbocycles. The maximum absolute atomic E-state index is 12.8. The minimum Gasteiger partial charge on any atom is -0.344 e. The van der Waals surface area contributed by atoms with Crippen molar-refractivity contribution in [1.82, 2.24) is 19.8 Å². The zero-order valence-electron chi connectivity index (χ0n) is 22.2. The van der Waals surface area contributed by atoms with Crippen LogP contribution >= 0.6 is 0 Å². The Kier molecular flexibility index (Phi) is 8.41. The van der Waals surface area contributed by atoms with Gasteiger partial charge in [0.2, 0.25) is 0 Å². The molecule has 0 unspecified atom stereocenters. The molecule has 4 rings (SSSR count). The maximum Gasteiger partial charge on any atom is 0.325 e. The number of hydrogen-bond acceptors (Lipinski definition) is 5. The van der Waals surface area contributed by atoms with Crippen LogP contribution < -0.4 is 15.5 Å². The van der Waals surface area contributed by atoms with Gasteiger partial charge in [-0.05, 0) is 67.7 Å². The summed E-state index contributed by atoms with van der Waals surface area (Å²) in [5.74, 6) is 6.55. The molecular weight excluding hydrogens is 476 g/mol. The van der Waals surface area contributed by atoms with Crippen LogP contribution in [0.1, 0.15) is 29.8 Å². The predicted octanol–water partition coefficient (Wildman–Crippen LogP) is 4.94. The normalized spacial score (nSPS) is 10.7. The SMILES string of the molecule is CCN(CC)CC#Cc1ccc(C(=O)Nc2cc(N(C)c3ccc4c(ccn4C(=O)NC)c3)ccn2)cc1. The third kappa shape index (κ3) is 6.02. The lowest BCUT2D eigenvalue weighted by molar-refractivity contribution is 0.102. The van der Waals surface area contributed by atoms with Crippen molar-refractivity contribution in [3.63, 3.8) is 0 Å². The summed E-state index contributed by atoms with van der Waals surface area (Å²) in [4.78, 5) is 33.5. The highest BCUT2D eigenvalue weighted by Gasteiger charge is 2.12. The van der Waals surface area contributed by atoms with E-state index in [0.717, 1.165) is 47.5 Å². The highest BCUT2D eigenvalue weighted by Crippen LogP contribution is 2.28. The van der Waals surface area contributed by atoms with Gasteiger partial charge in [0.25, 0.3) is 5.91 Å². The largest absolute Gasteiger partial charge is 0.344 e. The molecule has 2 heterocycles. The molecule has 2 aromatic heterocycles. The first-order valence-electron chi connectivity index (χ1n) is 12.6. The molecule has 2 aromatic carbocycles. The molecule has 0 saturated heterocycles. The molecule has 194 valence electrons. The molecule has 0 aliphatic rings. The van der Waals surface area contributed by atoms with Crippen LogP contribution in [0.15, 0.2) is 73.1 Å². The number of amides is 2. The number of anilines is 3. The van der Waals surface area contributed by atoms with Gasteiger partial charge in [0.1, 0.15) is 5.82 Å². The Balaban J connectivity index is 1.44. The summed E-state index contributed by atoms with van der Waals surface area (Å²) in [7, 11) is 3.55. The van der Waals surface area contributed by atoms with Gasteiger partial charge in [-0.25, -0.2) is 9.78 Å². The van der Waals surface area contributed by atoms with E-state index in [1.165, 1.54) is 0 Å². The second-order valence-corrected chi connectivity index (χ2v) is 8.74. The van der Waals surface area contributed by atoms with Crippen molar-refractivity contribution in [2.45, 2.75) is 13.8 Å². The summed E-state index contributed by atoms with van der Waals surface area (Å²) in [5.41, 5.74) is 4.03. The van der Waals surface area contributed by atoms with E-state index in [1.807, 2.05) is 60.5 Å². The second-order valence-electron chi connectivity index (χ2n) is 8.74. The number of nitrogens with one attached hydrogen (secondary N) is 2. The summed E-state index contributed by atoms with van der Waals surface area (Å²) in [6.07, 6.45) is 3.41. The van der Waals surface area contributed by atoms with Gasteiger partial charge >= 0.3 is 6.03 Å². The fourth-order valence-electron chi connectivity index (χ4n) is 4.08. The van der Waals surface area contributed by atoms with Gasteiger partial charge in [-0.3, -0.25) is 14.3 Å². The number of carbonyl (C=O) groups excluding carboxylic acids is 2. The molecular formula is C30H32N6O2. The van der Waals surface area contributed by atoms with Gasteiger partial charge in [-0.1, -0.05) is 25.7 Å². The average molecular weight is 509 g/mol. The Morgan fingerprint density at radius 3 is 2.42 bits per heavy atom. The van der Waals surface area contributed by atoms with Crippen molar-refractivity contribution < 1.29 is 9.59 Å². The summed E-state index contributed by atoms with van der Waals surface area (Å²) in [6.45, 7) is 6.90. The van der Waals surface area contributed by atoms with Gasteiger partial charge in [0, 0.05) is 60.4 Å². The maximum atomic E-state index is 12.8. The summed E-state index contributed by atoms with van der Waals surface area (Å²) in [5, 5.41) is 6.47. The molecule has 0 atom stereocenters. The van der Waals surface area contributed by atoms with Crippen LogP contribution in [0, 0.1) is 11.8 Å². The molecule has 8 heteroatoms. The van der Waals surface area contributed by atoms with Crippen LogP contribution in [0.4, 0.5) is 22.0 Å². The van der Waals surface area contributed by atoms with Crippen molar-refractivity contribution >= 4 is 40.0 Å². The minimum atomic E-state index is -0.239. The predicted molar refractivity (Wildman–Crippen MR) is 153 cm³/mol. The van der Waals surface area contributed by atoms with Crippen molar-refractivity contribution in [1.29, 1.82) is 0 Å². The van der Waals surface area contributed by atoms with Gasteiger partial charge < -0.3 is 15.5 Å². The van der Waals surface area contributed by atoms with E-state index in [4.69, 9.17) is 0 Å². The molecule has 4 aromatic rings. The molecule has 2 N–H and O–H groups in total. The molecule has 0 bridgehead atoms. The zero-order chi connectivity index (χ0) is 27.1. The number of benzene rings is 2. The molecule has 0 aliphatic heterocycles. The monoisotopic (exact) mass is 508 g/mol. The zero-order valence-corrected chi connectivity index (χ0v) is 22.2. The molecule has 8 nitrogen and oxygen atoms in total. The lowest BCUT2D eigenvalue weighted by Gasteiger charge is -2.20. The van der Waals surface area contributed by atoms with Crippen LogP contribution in [0.5, 0.6) is 0 Å². The van der Waals surface area contributed by atoms with Crippen LogP contribution in [-0.4, -0.2) is 60.1 Å². The van der Waals surface area contributed by atoms with Crippen LogP contribution in [0.25, 0.3) is 10.9 Å². The van der Waals surface area contributed by atoms with E-state index < -0.39 is 0 Å². The number of pyridine rings is 1. The van der Waals surface area contributed by atoms with Gasteiger partial charge in [-0.15, -0.1) is 0 Å². The van der Waals surface area contributed by atoms with Gasteiger partial charge in [0.05, 0.1) is 12.1 Å². The molecule has 0 saturated carbocycles. The van der Waals surface area contributed by atoms with Crippen LogP contribution in [-0.2, 0) is 0 Å². The molecule has 2 amide bonds. The number of hydrogen-bond donors (Lipinski definition) is 2. The van der Waals surface area contributed by atoms with E-state index in [0.29, 0.717) is 11.4 Å². The number of nitrogens with zero attached hydrogens (tertiary/aromatic N) is 4. The fourth-order valence-corrected chi connectivity index (χ4v) is 4.08. The lowest BCUT2D eigenvalue weighted by atomic mass is 10.1. The van der Waals surface area contributed by atoms with E-state index in [9.17, 15) is 9.59 Å². The fraction of sp³-hybridized carbons (Fsp3) is 0.233. The molecule has 38 heavy (non-hydrogen) atoms. The quantitative estimate of drug-likeness (QED) is 0.346. The Bertz CT molecular complexity index is 1490. The number of carbonyl (C=O) groups is 2. The van der Waals surface area contributed by atoms with Crippen molar-refractivity contribution in [2.24, 2.45) is 0 Å². The third-order valence-corrected chi connectivity index (χ3v) is 6.44. The van der Waals surface area contributed by atoms with Gasteiger partial charge in [0.15, 0.2) is 0 Å². The summed E-state index contributed by atoms with van der Waals surface area (Å²) >= 11 is 0. The smallest absolute Gasteiger partial charge is 0.325 e. The van der Waals surface area contributed by atoms with Crippen molar-refractivity contribution in [3.8, 4) is 11.8 Å². The van der Waals surface area contributed by atoms with E-state index >= 15 is 0 Å². The highest BCUT2D eigenvalue weighted by molar-refractivity contribution is 6.04. The standard InChI is InChI=1S/C30H32N6O2/c1-5-35(6-2)18-7-8-22-9-11-23(12-10-22)29(37)33-28-21-26(15-17-32-28)34(4)25-13-14-27-24(20-25)16-19-36(27)30(38)31-3/h9-17,19-21H,5-6,18H2,1-4H3,(H,31,38)(H,32,33,37). The molecule has 0 spiro atoms. The highest BCUT2D eigenvalue weighted by atomic mass is 16.2. The lowest BCUT2D eigenvalue weighted by Crippen LogP contribution is -2.23. The molecule has 0 fully saturated rings.